The lowest BCUT2D eigenvalue weighted by Gasteiger charge is -2.17. The van der Waals surface area contributed by atoms with Crippen LogP contribution in [0.15, 0.2) is 53.9 Å². The van der Waals surface area contributed by atoms with E-state index in [0.717, 1.165) is 11.3 Å². The van der Waals surface area contributed by atoms with E-state index in [1.54, 1.807) is 30.5 Å². The summed E-state index contributed by atoms with van der Waals surface area (Å²) in [5.74, 6) is -0.0930. The number of carbonyl (C=O) groups is 2. The van der Waals surface area contributed by atoms with Crippen molar-refractivity contribution in [3.8, 4) is 5.75 Å². The van der Waals surface area contributed by atoms with E-state index in [0.29, 0.717) is 21.6 Å². The number of para-hydroxylation sites is 1. The van der Waals surface area contributed by atoms with Crippen molar-refractivity contribution in [2.24, 2.45) is 0 Å². The van der Waals surface area contributed by atoms with Gasteiger partial charge in [-0.2, -0.15) is 0 Å². The van der Waals surface area contributed by atoms with Crippen molar-refractivity contribution in [3.05, 3.63) is 70.2 Å². The molecule has 0 saturated heterocycles. The van der Waals surface area contributed by atoms with Crippen LogP contribution in [0.3, 0.4) is 0 Å². The molecule has 0 aliphatic carbocycles. The largest absolute Gasteiger partial charge is 0.479 e. The number of rotatable bonds is 7. The summed E-state index contributed by atoms with van der Waals surface area (Å²) in [5, 5.41) is 2.88. The molecule has 30 heavy (non-hydrogen) atoms. The molecule has 1 atom stereocenters. The lowest BCUT2D eigenvalue weighted by atomic mass is 10.2. The fourth-order valence-corrected chi connectivity index (χ4v) is 3.81. The summed E-state index contributed by atoms with van der Waals surface area (Å²) in [6, 6.07) is 14.4. The highest BCUT2D eigenvalue weighted by Gasteiger charge is 2.20. The normalized spacial score (nSPS) is 11.6. The number of hydrogen-bond acceptors (Lipinski definition) is 6. The summed E-state index contributed by atoms with van der Waals surface area (Å²) < 4.78 is 11.0. The van der Waals surface area contributed by atoms with E-state index < -0.39 is 12.1 Å². The second-order valence-corrected chi connectivity index (χ2v) is 7.86. The minimum absolute atomic E-state index is 0.0107. The molecule has 2 aromatic carbocycles. The van der Waals surface area contributed by atoms with Gasteiger partial charge in [-0.05, 0) is 49.7 Å². The molecule has 0 aliphatic heterocycles. The average molecular weight is 445 g/mol. The molecule has 156 valence electrons. The van der Waals surface area contributed by atoms with Crippen LogP contribution < -0.4 is 9.64 Å². The molecule has 0 N–H and O–H groups in total. The van der Waals surface area contributed by atoms with Gasteiger partial charge < -0.3 is 9.47 Å². The number of thiazole rings is 1. The Balaban J connectivity index is 1.61. The van der Waals surface area contributed by atoms with Crippen molar-refractivity contribution in [1.29, 1.82) is 0 Å². The molecule has 0 fully saturated rings. The summed E-state index contributed by atoms with van der Waals surface area (Å²) in [6.45, 7) is 4.94. The molecule has 8 heteroatoms. The predicted molar refractivity (Wildman–Crippen MR) is 117 cm³/mol. The third-order valence-corrected chi connectivity index (χ3v) is 5.30. The molecule has 0 saturated carbocycles. The number of aromatic nitrogens is 1. The lowest BCUT2D eigenvalue weighted by Crippen LogP contribution is -2.26. The van der Waals surface area contributed by atoms with Crippen LogP contribution in [0, 0.1) is 6.92 Å². The van der Waals surface area contributed by atoms with Crippen LogP contribution >= 0.6 is 22.9 Å². The molecule has 0 radical (unpaired) electrons. The van der Waals surface area contributed by atoms with E-state index in [4.69, 9.17) is 21.1 Å². The zero-order valence-corrected chi connectivity index (χ0v) is 18.4. The molecule has 0 bridgehead atoms. The number of hydrogen-bond donors (Lipinski definition) is 0. The minimum atomic E-state index is -0.791. The Morgan fingerprint density at radius 3 is 2.60 bits per heavy atom. The van der Waals surface area contributed by atoms with Crippen molar-refractivity contribution in [2.75, 3.05) is 4.90 Å². The van der Waals surface area contributed by atoms with Gasteiger partial charge >= 0.3 is 5.97 Å². The molecule has 1 aromatic heterocycles. The van der Waals surface area contributed by atoms with Gasteiger partial charge in [0.05, 0.1) is 11.4 Å². The van der Waals surface area contributed by atoms with Crippen molar-refractivity contribution >= 4 is 45.6 Å². The topological polar surface area (TPSA) is 68.7 Å². The number of anilines is 2. The Morgan fingerprint density at radius 1 is 1.20 bits per heavy atom. The molecule has 0 spiro atoms. The van der Waals surface area contributed by atoms with Gasteiger partial charge in [0.2, 0.25) is 5.91 Å². The minimum Gasteiger partial charge on any atom is -0.479 e. The Hall–Kier alpha value is -2.90. The van der Waals surface area contributed by atoms with Crippen LogP contribution in [-0.4, -0.2) is 23.0 Å². The first-order chi connectivity index (χ1) is 14.3. The molecule has 1 amide bonds. The molecule has 3 rings (SSSR count). The Morgan fingerprint density at radius 2 is 1.93 bits per heavy atom. The number of aryl methyl sites for hydroxylation is 1. The molecular formula is C22H21ClN2O4S. The summed E-state index contributed by atoms with van der Waals surface area (Å²) in [4.78, 5) is 30.4. The van der Waals surface area contributed by atoms with Gasteiger partial charge in [-0.1, -0.05) is 29.8 Å². The molecule has 6 nitrogen and oxygen atoms in total. The first-order valence-corrected chi connectivity index (χ1v) is 10.5. The fraction of sp³-hybridized carbons (Fsp3) is 0.227. The van der Waals surface area contributed by atoms with Gasteiger partial charge in [0.1, 0.15) is 12.4 Å². The lowest BCUT2D eigenvalue weighted by molar-refractivity contribution is -0.152. The third-order valence-electron chi connectivity index (χ3n) is 4.20. The molecule has 1 unspecified atom stereocenters. The van der Waals surface area contributed by atoms with Gasteiger partial charge in [-0.3, -0.25) is 9.69 Å². The van der Waals surface area contributed by atoms with Crippen LogP contribution in [0.2, 0.25) is 5.02 Å². The number of halogens is 1. The van der Waals surface area contributed by atoms with Gasteiger partial charge in [0.25, 0.3) is 0 Å². The first kappa shape index (κ1) is 21.8. The van der Waals surface area contributed by atoms with Gasteiger partial charge in [-0.15, -0.1) is 11.3 Å². The van der Waals surface area contributed by atoms with E-state index in [9.17, 15) is 9.59 Å². The molecular weight excluding hydrogens is 424 g/mol. The number of esters is 1. The van der Waals surface area contributed by atoms with E-state index >= 15 is 0 Å². The highest BCUT2D eigenvalue weighted by atomic mass is 35.5. The summed E-state index contributed by atoms with van der Waals surface area (Å²) in [7, 11) is 0. The quantitative estimate of drug-likeness (QED) is 0.462. The Labute approximate surface area is 184 Å². The average Bonchev–Trinajstić information content (AvgIpc) is 3.17. The number of nitrogens with zero attached hydrogens (tertiary/aromatic N) is 2. The SMILES string of the molecule is CC(=O)N(c1ccccc1)c1nc(COC(=O)C(C)Oc2ccc(Cl)cc2C)cs1. The Bertz CT molecular complexity index is 1040. The van der Waals surface area contributed by atoms with Crippen LogP contribution in [-0.2, 0) is 20.9 Å². The van der Waals surface area contributed by atoms with Gasteiger partial charge in [0.15, 0.2) is 11.2 Å². The van der Waals surface area contributed by atoms with E-state index in [1.165, 1.54) is 23.2 Å². The highest BCUT2D eigenvalue weighted by molar-refractivity contribution is 7.14. The summed E-state index contributed by atoms with van der Waals surface area (Å²) in [6.07, 6.45) is -0.791. The second-order valence-electron chi connectivity index (χ2n) is 6.59. The van der Waals surface area contributed by atoms with Crippen LogP contribution in [0.5, 0.6) is 5.75 Å². The smallest absolute Gasteiger partial charge is 0.347 e. The molecule has 3 aromatic rings. The monoisotopic (exact) mass is 444 g/mol. The van der Waals surface area contributed by atoms with Crippen LogP contribution in [0.1, 0.15) is 25.1 Å². The predicted octanol–water partition coefficient (Wildman–Crippen LogP) is 5.30. The third kappa shape index (κ3) is 5.37. The van der Waals surface area contributed by atoms with Gasteiger partial charge in [-0.25, -0.2) is 9.78 Å². The summed E-state index contributed by atoms with van der Waals surface area (Å²) >= 11 is 7.24. The maximum absolute atomic E-state index is 12.3. The van der Waals surface area contributed by atoms with E-state index in [-0.39, 0.29) is 12.5 Å². The van der Waals surface area contributed by atoms with Crippen LogP contribution in [0.25, 0.3) is 0 Å². The fourth-order valence-electron chi connectivity index (χ4n) is 2.72. The first-order valence-electron chi connectivity index (χ1n) is 9.24. The van der Waals surface area contributed by atoms with Crippen molar-refractivity contribution in [1.82, 2.24) is 4.98 Å². The Kier molecular flexibility index (Phi) is 7.07. The summed E-state index contributed by atoms with van der Waals surface area (Å²) in [5.41, 5.74) is 2.11. The van der Waals surface area contributed by atoms with Crippen LogP contribution in [0.4, 0.5) is 10.8 Å². The highest BCUT2D eigenvalue weighted by Crippen LogP contribution is 2.29. The number of ether oxygens (including phenoxy) is 2. The van der Waals surface area contributed by atoms with Crippen molar-refractivity contribution in [3.63, 3.8) is 0 Å². The standard InChI is InChI=1S/C22H21ClN2O4S/c1-14-11-17(23)9-10-20(14)29-15(2)21(27)28-12-18-13-30-22(24-18)25(16(3)26)19-7-5-4-6-8-19/h4-11,13,15H,12H2,1-3H3. The van der Waals surface area contributed by atoms with Crippen molar-refractivity contribution < 1.29 is 19.1 Å². The molecule has 1 heterocycles. The zero-order chi connectivity index (χ0) is 21.7. The van der Waals surface area contributed by atoms with Crippen molar-refractivity contribution in [2.45, 2.75) is 33.5 Å². The molecule has 0 aliphatic rings. The van der Waals surface area contributed by atoms with Gasteiger partial charge in [0, 0.05) is 17.3 Å². The maximum atomic E-state index is 12.3. The number of carbonyl (C=O) groups excluding carboxylic acids is 2. The second kappa shape index (κ2) is 9.73. The van der Waals surface area contributed by atoms with E-state index in [2.05, 4.69) is 4.98 Å². The number of amides is 1. The zero-order valence-electron chi connectivity index (χ0n) is 16.8. The maximum Gasteiger partial charge on any atom is 0.347 e. The van der Waals surface area contributed by atoms with E-state index in [1.807, 2.05) is 37.3 Å². The number of benzene rings is 2.